The number of aliphatic hydroxyl groups excluding tert-OH is 1. The molecular formula is C38H48IrNO2-. The van der Waals surface area contributed by atoms with Crippen LogP contribution in [-0.4, -0.2) is 15.9 Å². The van der Waals surface area contributed by atoms with E-state index in [4.69, 9.17) is 4.98 Å². The molecule has 1 heterocycles. The summed E-state index contributed by atoms with van der Waals surface area (Å²) in [4.78, 5) is 16.7. The van der Waals surface area contributed by atoms with Gasteiger partial charge in [0, 0.05) is 43.2 Å². The first kappa shape index (κ1) is 35.4. The molecule has 0 saturated heterocycles. The van der Waals surface area contributed by atoms with Gasteiger partial charge in [0.2, 0.25) is 0 Å². The molecule has 0 amide bonds. The van der Waals surface area contributed by atoms with Crippen molar-refractivity contribution in [1.29, 1.82) is 0 Å². The normalized spacial score (nSPS) is 12.2. The van der Waals surface area contributed by atoms with Crippen molar-refractivity contribution < 1.29 is 30.0 Å². The SMILES string of the molecule is CCC(C)(C)C(=O)/C=C(\O)C(C)(C)CC.Cc1[c-]c(-c2ncc(C)c3cc(C(C)C)c4ccccc4c23)cc(C)c1.[Ir]. The number of rotatable bonds is 7. The molecule has 0 aliphatic carbocycles. The molecule has 3 nitrogen and oxygen atoms in total. The van der Waals surface area contributed by atoms with Gasteiger partial charge < -0.3 is 10.1 Å². The van der Waals surface area contributed by atoms with Crippen LogP contribution in [0.25, 0.3) is 32.8 Å². The Morgan fingerprint density at radius 3 is 2.07 bits per heavy atom. The minimum atomic E-state index is -0.377. The molecule has 1 aromatic heterocycles. The molecule has 0 spiro atoms. The fourth-order valence-electron chi connectivity index (χ4n) is 4.84. The third kappa shape index (κ3) is 7.77. The van der Waals surface area contributed by atoms with Crippen molar-refractivity contribution in [3.63, 3.8) is 0 Å². The Hall–Kier alpha value is -2.81. The molecule has 4 heteroatoms. The Morgan fingerprint density at radius 1 is 0.929 bits per heavy atom. The molecule has 0 saturated carbocycles. The zero-order chi connectivity index (χ0) is 30.7. The molecule has 0 bridgehead atoms. The summed E-state index contributed by atoms with van der Waals surface area (Å²) >= 11 is 0. The molecule has 227 valence electrons. The molecule has 4 aromatic rings. The van der Waals surface area contributed by atoms with Crippen molar-refractivity contribution in [2.24, 2.45) is 10.8 Å². The van der Waals surface area contributed by atoms with Crippen molar-refractivity contribution in [3.05, 3.63) is 88.8 Å². The van der Waals surface area contributed by atoms with Crippen LogP contribution in [0, 0.1) is 37.7 Å². The molecule has 3 aromatic carbocycles. The predicted molar refractivity (Wildman–Crippen MR) is 176 cm³/mol. The number of allylic oxidation sites excluding steroid dienone is 2. The summed E-state index contributed by atoms with van der Waals surface area (Å²) in [6.45, 7) is 22.6. The van der Waals surface area contributed by atoms with Gasteiger partial charge in [0.05, 0.1) is 0 Å². The summed E-state index contributed by atoms with van der Waals surface area (Å²) in [5.41, 5.74) is 6.45. The first-order chi connectivity index (χ1) is 19.1. The molecule has 42 heavy (non-hydrogen) atoms. The first-order valence-electron chi connectivity index (χ1n) is 14.9. The molecule has 0 unspecified atom stereocenters. The van der Waals surface area contributed by atoms with Crippen LogP contribution in [0.2, 0.25) is 0 Å². The van der Waals surface area contributed by atoms with E-state index < -0.39 is 0 Å². The van der Waals surface area contributed by atoms with E-state index in [0.717, 1.165) is 29.7 Å². The molecular weight excluding hydrogens is 695 g/mol. The van der Waals surface area contributed by atoms with Crippen molar-refractivity contribution in [3.8, 4) is 11.3 Å². The number of pyridine rings is 1. The average Bonchev–Trinajstić information content (AvgIpc) is 2.92. The molecule has 0 fully saturated rings. The predicted octanol–water partition coefficient (Wildman–Crippen LogP) is 10.8. The van der Waals surface area contributed by atoms with Gasteiger partial charge in [0.15, 0.2) is 5.78 Å². The van der Waals surface area contributed by atoms with E-state index >= 15 is 0 Å². The maximum Gasteiger partial charge on any atom is 0.164 e. The van der Waals surface area contributed by atoms with Gasteiger partial charge in [0.25, 0.3) is 0 Å². The number of hydrogen-bond donors (Lipinski definition) is 1. The number of aliphatic hydroxyl groups is 1. The van der Waals surface area contributed by atoms with Crippen LogP contribution in [0.3, 0.4) is 0 Å². The number of ketones is 1. The minimum absolute atomic E-state index is 0. The summed E-state index contributed by atoms with van der Waals surface area (Å²) < 4.78 is 0. The second-order valence-electron chi connectivity index (χ2n) is 13.0. The fraction of sp³-hybridized carbons (Fsp3) is 0.421. The monoisotopic (exact) mass is 743 g/mol. The van der Waals surface area contributed by atoms with Gasteiger partial charge in [-0.2, -0.15) is 0 Å². The topological polar surface area (TPSA) is 50.2 Å². The zero-order valence-corrected chi connectivity index (χ0v) is 29.7. The third-order valence-corrected chi connectivity index (χ3v) is 8.55. The number of fused-ring (bicyclic) bond motifs is 3. The summed E-state index contributed by atoms with van der Waals surface area (Å²) in [5, 5.41) is 15.0. The first-order valence-corrected chi connectivity index (χ1v) is 14.9. The van der Waals surface area contributed by atoms with Crippen LogP contribution in [0.15, 0.2) is 60.5 Å². The van der Waals surface area contributed by atoms with Crippen LogP contribution in [0.1, 0.15) is 96.4 Å². The van der Waals surface area contributed by atoms with Gasteiger partial charge in [-0.15, -0.1) is 34.9 Å². The Labute approximate surface area is 267 Å². The summed E-state index contributed by atoms with van der Waals surface area (Å²) in [7, 11) is 0. The van der Waals surface area contributed by atoms with E-state index in [1.165, 1.54) is 44.3 Å². The number of hydrogen-bond acceptors (Lipinski definition) is 3. The van der Waals surface area contributed by atoms with Crippen LogP contribution in [0.5, 0.6) is 0 Å². The fourth-order valence-corrected chi connectivity index (χ4v) is 4.84. The number of aromatic nitrogens is 1. The van der Waals surface area contributed by atoms with Gasteiger partial charge >= 0.3 is 0 Å². The largest absolute Gasteiger partial charge is 0.512 e. The summed E-state index contributed by atoms with van der Waals surface area (Å²) in [6, 6.07) is 19.0. The Kier molecular flexibility index (Phi) is 11.9. The molecule has 0 atom stereocenters. The van der Waals surface area contributed by atoms with Crippen LogP contribution < -0.4 is 0 Å². The summed E-state index contributed by atoms with van der Waals surface area (Å²) in [6.07, 6.45) is 4.99. The quantitative estimate of drug-likeness (QED) is 0.0888. The third-order valence-electron chi connectivity index (χ3n) is 8.55. The molecule has 1 radical (unpaired) electrons. The number of carbonyl (C=O) groups is 1. The molecule has 4 rings (SSSR count). The second-order valence-corrected chi connectivity index (χ2v) is 13.0. The van der Waals surface area contributed by atoms with Gasteiger partial charge in [-0.3, -0.25) is 4.79 Å². The van der Waals surface area contributed by atoms with Gasteiger partial charge in [0.1, 0.15) is 5.76 Å². The van der Waals surface area contributed by atoms with Gasteiger partial charge in [-0.25, -0.2) is 0 Å². The van der Waals surface area contributed by atoms with Crippen LogP contribution in [-0.2, 0) is 24.9 Å². The van der Waals surface area contributed by atoms with Gasteiger partial charge in [-0.1, -0.05) is 99.6 Å². The maximum absolute atomic E-state index is 11.8. The van der Waals surface area contributed by atoms with E-state index in [1.54, 1.807) is 0 Å². The Bertz CT molecular complexity index is 1570. The van der Waals surface area contributed by atoms with Crippen molar-refractivity contribution >= 4 is 27.3 Å². The molecule has 0 aliphatic rings. The van der Waals surface area contributed by atoms with Gasteiger partial charge in [-0.05, 0) is 64.0 Å². The number of nitrogens with zero attached hydrogens (tertiary/aromatic N) is 1. The summed E-state index contributed by atoms with van der Waals surface area (Å²) in [5.74, 6) is 0.675. The van der Waals surface area contributed by atoms with E-state index in [2.05, 4.69) is 83.1 Å². The Morgan fingerprint density at radius 2 is 1.52 bits per heavy atom. The van der Waals surface area contributed by atoms with E-state index in [9.17, 15) is 9.90 Å². The van der Waals surface area contributed by atoms with E-state index in [-0.39, 0.29) is 42.5 Å². The standard InChI is InChI=1S/C25H24N.C13H24O2.Ir/c1-15(2)22-13-23-18(5)14-26-25(19-11-16(3)10-17(4)12-19)24(23)21-9-7-6-8-20(21)22;1-7-12(3,4)10(14)9-11(15)13(5,6)8-2;/h6-11,13-15H,1-5H3;9,14H,7-8H2,1-6H3;/q-1;;/b;10-9-;. The molecule has 1 N–H and O–H groups in total. The number of aryl methyl sites for hydroxylation is 3. The second kappa shape index (κ2) is 14.1. The molecule has 0 aliphatic heterocycles. The minimum Gasteiger partial charge on any atom is -0.512 e. The van der Waals surface area contributed by atoms with Crippen molar-refractivity contribution in [2.45, 2.75) is 94.9 Å². The Balaban J connectivity index is 0.000000334. The van der Waals surface area contributed by atoms with Crippen molar-refractivity contribution in [1.82, 2.24) is 4.98 Å². The van der Waals surface area contributed by atoms with E-state index in [1.807, 2.05) is 47.7 Å². The van der Waals surface area contributed by atoms with E-state index in [0.29, 0.717) is 5.92 Å². The van der Waals surface area contributed by atoms with Crippen LogP contribution >= 0.6 is 0 Å². The maximum atomic E-state index is 11.8. The smallest absolute Gasteiger partial charge is 0.164 e. The van der Waals surface area contributed by atoms with Crippen molar-refractivity contribution in [2.75, 3.05) is 0 Å². The number of benzene rings is 3. The van der Waals surface area contributed by atoms with Crippen LogP contribution in [0.4, 0.5) is 0 Å². The number of carbonyl (C=O) groups excluding carboxylic acids is 1. The average molecular weight is 743 g/mol. The zero-order valence-electron chi connectivity index (χ0n) is 27.3.